The Morgan fingerprint density at radius 3 is 2.17 bits per heavy atom. The summed E-state index contributed by atoms with van der Waals surface area (Å²) >= 11 is 0. The Morgan fingerprint density at radius 2 is 1.62 bits per heavy atom. The van der Waals surface area contributed by atoms with Crippen molar-refractivity contribution in [3.63, 3.8) is 0 Å². The molecule has 24 heavy (non-hydrogen) atoms. The molecule has 2 aliphatic rings. The molecular formula is C21H35B2N. The maximum absolute atomic E-state index is 3.73. The first-order valence-electron chi connectivity index (χ1n) is 9.96. The smallest absolute Gasteiger partial charge is 0.142 e. The predicted molar refractivity (Wildman–Crippen MR) is 113 cm³/mol. The van der Waals surface area contributed by atoms with E-state index in [1.807, 2.05) is 0 Å². The number of anilines is 1. The molecule has 2 atom stereocenters. The Morgan fingerprint density at radius 1 is 1.04 bits per heavy atom. The molecule has 3 rings (SSSR count). The van der Waals surface area contributed by atoms with Crippen LogP contribution in [0.1, 0.15) is 72.3 Å². The molecule has 2 bridgehead atoms. The average molecular weight is 323 g/mol. The second kappa shape index (κ2) is 6.15. The maximum Gasteiger partial charge on any atom is 0.142 e. The molecule has 0 amide bonds. The molecule has 0 heterocycles. The fourth-order valence-electron chi connectivity index (χ4n) is 6.11. The summed E-state index contributed by atoms with van der Waals surface area (Å²) in [6, 6.07) is 4.63. The van der Waals surface area contributed by atoms with E-state index in [-0.39, 0.29) is 5.54 Å². The van der Waals surface area contributed by atoms with Crippen LogP contribution < -0.4 is 16.2 Å². The van der Waals surface area contributed by atoms with E-state index in [1.54, 1.807) is 5.56 Å². The molecule has 0 spiro atoms. The third kappa shape index (κ3) is 3.55. The Labute approximate surface area is 151 Å². The van der Waals surface area contributed by atoms with Gasteiger partial charge in [-0.1, -0.05) is 36.4 Å². The van der Waals surface area contributed by atoms with E-state index in [0.29, 0.717) is 5.41 Å². The van der Waals surface area contributed by atoms with Gasteiger partial charge in [0.15, 0.2) is 0 Å². The fraction of sp³-hybridized carbons (Fsp3) is 0.714. The van der Waals surface area contributed by atoms with Gasteiger partial charge in [0.25, 0.3) is 0 Å². The second-order valence-electron chi connectivity index (χ2n) is 10.3. The summed E-state index contributed by atoms with van der Waals surface area (Å²) in [5, 5.41) is 3.73. The van der Waals surface area contributed by atoms with E-state index in [2.05, 4.69) is 67.8 Å². The molecule has 0 aliphatic heterocycles. The Hall–Kier alpha value is -0.850. The minimum absolute atomic E-state index is 0.108. The lowest BCUT2D eigenvalue weighted by Crippen LogP contribution is -2.45. The molecule has 1 aromatic rings. The predicted octanol–water partition coefficient (Wildman–Crippen LogP) is 2.52. The van der Waals surface area contributed by atoms with Crippen LogP contribution in [0.4, 0.5) is 5.69 Å². The number of benzene rings is 1. The van der Waals surface area contributed by atoms with Crippen molar-refractivity contribution in [2.75, 3.05) is 5.32 Å². The highest BCUT2D eigenvalue weighted by Crippen LogP contribution is 2.50. The van der Waals surface area contributed by atoms with Crippen molar-refractivity contribution in [3.05, 3.63) is 17.7 Å². The number of rotatable bonds is 2. The van der Waals surface area contributed by atoms with Crippen LogP contribution in [0, 0.1) is 17.8 Å². The summed E-state index contributed by atoms with van der Waals surface area (Å²) in [5.41, 5.74) is 6.41. The highest BCUT2D eigenvalue weighted by atomic mass is 14.9. The van der Waals surface area contributed by atoms with Gasteiger partial charge in [0.05, 0.1) is 0 Å². The average Bonchev–Trinajstić information content (AvgIpc) is 2.39. The minimum atomic E-state index is 0.108. The lowest BCUT2D eigenvalue weighted by molar-refractivity contribution is 0.0908. The largest absolute Gasteiger partial charge is 0.381 e. The Balaban J connectivity index is 1.97. The molecule has 1 N–H and O–H groups in total. The fourth-order valence-corrected chi connectivity index (χ4v) is 6.11. The summed E-state index contributed by atoms with van der Waals surface area (Å²) in [6.45, 7) is 11.8. The van der Waals surface area contributed by atoms with E-state index in [4.69, 9.17) is 0 Å². The van der Waals surface area contributed by atoms with Gasteiger partial charge in [-0.15, -0.1) is 0 Å². The van der Waals surface area contributed by atoms with Gasteiger partial charge in [-0.05, 0) is 82.1 Å². The van der Waals surface area contributed by atoms with Crippen molar-refractivity contribution < 1.29 is 0 Å². The molecule has 0 aromatic heterocycles. The summed E-state index contributed by atoms with van der Waals surface area (Å²) in [5.74, 6) is 2.82. The summed E-state index contributed by atoms with van der Waals surface area (Å²) in [4.78, 5) is 0. The third-order valence-corrected chi connectivity index (χ3v) is 6.40. The van der Waals surface area contributed by atoms with Crippen molar-refractivity contribution in [2.45, 2.75) is 77.7 Å². The summed E-state index contributed by atoms with van der Waals surface area (Å²) < 4.78 is 0. The number of hydrogen-bond donors (Lipinski definition) is 1. The standard InChI is InChI=1S/C21H35B2N/c1-13-8-14-10-15(9-13)12-21(5,11-14)18-16(22)6-7-17(19(18)23)24-20(2,3)4/h6-7,13-15,24H,8-12,22-23H2,1-5H3. The first kappa shape index (κ1) is 18.0. The quantitative estimate of drug-likeness (QED) is 0.825. The Bertz CT molecular complexity index is 599. The molecular weight excluding hydrogens is 288 g/mol. The lowest BCUT2D eigenvalue weighted by atomic mass is 9.54. The molecule has 0 radical (unpaired) electrons. The lowest BCUT2D eigenvalue weighted by Gasteiger charge is -2.49. The number of fused-ring (bicyclic) bond motifs is 2. The van der Waals surface area contributed by atoms with Gasteiger partial charge in [-0.25, -0.2) is 0 Å². The van der Waals surface area contributed by atoms with Crippen molar-refractivity contribution in [1.82, 2.24) is 0 Å². The normalized spacial score (nSPS) is 33.3. The van der Waals surface area contributed by atoms with Crippen LogP contribution in [0.2, 0.25) is 0 Å². The van der Waals surface area contributed by atoms with Gasteiger partial charge in [0.2, 0.25) is 0 Å². The molecule has 3 heteroatoms. The van der Waals surface area contributed by atoms with Crippen LogP contribution in [0.5, 0.6) is 0 Å². The highest BCUT2D eigenvalue weighted by molar-refractivity contribution is 6.42. The first-order valence-corrected chi connectivity index (χ1v) is 9.96. The monoisotopic (exact) mass is 323 g/mol. The van der Waals surface area contributed by atoms with Gasteiger partial charge < -0.3 is 5.32 Å². The van der Waals surface area contributed by atoms with Gasteiger partial charge in [-0.2, -0.15) is 0 Å². The van der Waals surface area contributed by atoms with Crippen LogP contribution in [-0.4, -0.2) is 21.2 Å². The van der Waals surface area contributed by atoms with Gasteiger partial charge in [0.1, 0.15) is 15.7 Å². The molecule has 2 aliphatic carbocycles. The molecule has 1 aromatic carbocycles. The van der Waals surface area contributed by atoms with Crippen molar-refractivity contribution in [2.24, 2.45) is 17.8 Å². The zero-order valence-electron chi connectivity index (χ0n) is 16.9. The zero-order valence-corrected chi connectivity index (χ0v) is 16.9. The van der Waals surface area contributed by atoms with Gasteiger partial charge in [-0.3, -0.25) is 0 Å². The highest BCUT2D eigenvalue weighted by Gasteiger charge is 2.42. The number of hydrogen-bond acceptors (Lipinski definition) is 1. The zero-order chi connectivity index (χ0) is 17.7. The van der Waals surface area contributed by atoms with Crippen LogP contribution in [0.3, 0.4) is 0 Å². The molecule has 2 unspecified atom stereocenters. The molecule has 2 fully saturated rings. The third-order valence-electron chi connectivity index (χ3n) is 6.40. The van der Waals surface area contributed by atoms with E-state index in [9.17, 15) is 0 Å². The SMILES string of the molecule is Bc1ccc(NC(C)(C)C)c(B)c1C1(C)CC2CC(C)CC(C2)C1. The van der Waals surface area contributed by atoms with Crippen LogP contribution in [-0.2, 0) is 5.41 Å². The molecule has 2 saturated carbocycles. The van der Waals surface area contributed by atoms with E-state index in [0.717, 1.165) is 17.8 Å². The number of nitrogens with one attached hydrogen (secondary N) is 1. The molecule has 130 valence electrons. The van der Waals surface area contributed by atoms with E-state index < -0.39 is 0 Å². The van der Waals surface area contributed by atoms with Gasteiger partial charge in [0, 0.05) is 11.2 Å². The van der Waals surface area contributed by atoms with Crippen LogP contribution >= 0.6 is 0 Å². The first-order chi connectivity index (χ1) is 11.1. The molecule has 1 nitrogen and oxygen atoms in total. The van der Waals surface area contributed by atoms with Gasteiger partial charge >= 0.3 is 0 Å². The summed E-state index contributed by atoms with van der Waals surface area (Å²) in [6.07, 6.45) is 7.15. The van der Waals surface area contributed by atoms with Crippen LogP contribution in [0.15, 0.2) is 12.1 Å². The summed E-state index contributed by atoms with van der Waals surface area (Å²) in [7, 11) is 4.66. The van der Waals surface area contributed by atoms with Crippen molar-refractivity contribution in [3.8, 4) is 0 Å². The topological polar surface area (TPSA) is 12.0 Å². The van der Waals surface area contributed by atoms with Crippen LogP contribution in [0.25, 0.3) is 0 Å². The van der Waals surface area contributed by atoms with E-state index >= 15 is 0 Å². The Kier molecular flexibility index (Phi) is 4.60. The minimum Gasteiger partial charge on any atom is -0.381 e. The maximum atomic E-state index is 3.73. The molecule has 0 saturated heterocycles. The van der Waals surface area contributed by atoms with Crippen molar-refractivity contribution in [1.29, 1.82) is 0 Å². The van der Waals surface area contributed by atoms with E-state index in [1.165, 1.54) is 48.7 Å². The van der Waals surface area contributed by atoms with Crippen molar-refractivity contribution >= 4 is 32.3 Å². The second-order valence-corrected chi connectivity index (χ2v) is 10.3.